The Balaban J connectivity index is 2.30. The Labute approximate surface area is 110 Å². The fourth-order valence-electron chi connectivity index (χ4n) is 1.69. The summed E-state index contributed by atoms with van der Waals surface area (Å²) in [6.07, 6.45) is 0. The minimum atomic E-state index is -2.86. The number of hydrogen-bond acceptors (Lipinski definition) is 3. The Bertz CT molecular complexity index is 573. The molecule has 0 bridgehead atoms. The number of anilines is 3. The third-order valence-electron chi connectivity index (χ3n) is 2.63. The Morgan fingerprint density at radius 2 is 1.84 bits per heavy atom. The third-order valence-corrected chi connectivity index (χ3v) is 2.63. The Morgan fingerprint density at radius 3 is 2.58 bits per heavy atom. The molecule has 5 heteroatoms. The van der Waals surface area contributed by atoms with Crippen molar-refractivity contribution in [2.24, 2.45) is 0 Å². The molecule has 2 rings (SSSR count). The summed E-state index contributed by atoms with van der Waals surface area (Å²) >= 11 is 0. The zero-order chi connectivity index (χ0) is 13.8. The van der Waals surface area contributed by atoms with Gasteiger partial charge in [-0.3, -0.25) is 0 Å². The van der Waals surface area contributed by atoms with Crippen LogP contribution in [0, 0.1) is 6.92 Å². The number of aryl methyl sites for hydroxylation is 1. The average molecular weight is 264 g/mol. The van der Waals surface area contributed by atoms with Gasteiger partial charge in [0.25, 0.3) is 0 Å². The third kappa shape index (κ3) is 3.34. The summed E-state index contributed by atoms with van der Waals surface area (Å²) in [5, 5.41) is 3.05. The summed E-state index contributed by atoms with van der Waals surface area (Å²) in [7, 11) is 0. The molecule has 0 aliphatic heterocycles. The first-order valence-electron chi connectivity index (χ1n) is 5.73. The summed E-state index contributed by atoms with van der Waals surface area (Å²) in [5.41, 5.74) is 8.49. The van der Waals surface area contributed by atoms with Crippen LogP contribution in [0.2, 0.25) is 0 Å². The van der Waals surface area contributed by atoms with E-state index in [1.807, 2.05) is 13.0 Å². The van der Waals surface area contributed by atoms with Crippen molar-refractivity contribution in [3.63, 3.8) is 0 Å². The minimum absolute atomic E-state index is 0.0966. The number of hydrogen-bond donors (Lipinski definition) is 2. The van der Waals surface area contributed by atoms with Gasteiger partial charge in [-0.2, -0.15) is 8.78 Å². The van der Waals surface area contributed by atoms with Crippen molar-refractivity contribution in [1.82, 2.24) is 0 Å². The Kier molecular flexibility index (Phi) is 3.85. The minimum Gasteiger partial charge on any atom is -0.433 e. The Morgan fingerprint density at radius 1 is 1.11 bits per heavy atom. The van der Waals surface area contributed by atoms with E-state index >= 15 is 0 Å². The molecule has 2 aromatic carbocycles. The molecule has 19 heavy (non-hydrogen) atoms. The molecule has 0 fully saturated rings. The largest absolute Gasteiger partial charge is 0.433 e. The van der Waals surface area contributed by atoms with E-state index in [-0.39, 0.29) is 5.75 Å². The van der Waals surface area contributed by atoms with Crippen molar-refractivity contribution in [3.05, 3.63) is 48.0 Å². The summed E-state index contributed by atoms with van der Waals surface area (Å²) in [6, 6.07) is 11.9. The second kappa shape index (κ2) is 5.56. The monoisotopic (exact) mass is 264 g/mol. The van der Waals surface area contributed by atoms with Crippen LogP contribution in [0.25, 0.3) is 0 Å². The fraction of sp³-hybridized carbons (Fsp3) is 0.143. The zero-order valence-corrected chi connectivity index (χ0v) is 10.4. The lowest BCUT2D eigenvalue weighted by molar-refractivity contribution is -0.0493. The second-order valence-corrected chi connectivity index (χ2v) is 4.07. The van der Waals surface area contributed by atoms with Gasteiger partial charge in [0.05, 0.1) is 5.69 Å². The molecule has 0 aliphatic carbocycles. The predicted octanol–water partition coefficient (Wildman–Crippen LogP) is 3.92. The highest BCUT2D eigenvalue weighted by Crippen LogP contribution is 2.30. The van der Waals surface area contributed by atoms with Gasteiger partial charge in [0, 0.05) is 11.4 Å². The van der Waals surface area contributed by atoms with Crippen LogP contribution in [0.1, 0.15) is 5.56 Å². The molecule has 0 aliphatic rings. The van der Waals surface area contributed by atoms with Crippen LogP contribution in [-0.4, -0.2) is 6.61 Å². The van der Waals surface area contributed by atoms with E-state index in [0.29, 0.717) is 11.4 Å². The van der Waals surface area contributed by atoms with Crippen molar-refractivity contribution in [1.29, 1.82) is 0 Å². The van der Waals surface area contributed by atoms with Crippen molar-refractivity contribution >= 4 is 17.1 Å². The summed E-state index contributed by atoms with van der Waals surface area (Å²) in [5.74, 6) is 0.0966. The average Bonchev–Trinajstić information content (AvgIpc) is 2.35. The first kappa shape index (κ1) is 13.1. The number of ether oxygens (including phenoxy) is 1. The van der Waals surface area contributed by atoms with Crippen LogP contribution in [0.5, 0.6) is 5.75 Å². The number of nitrogens with two attached hydrogens (primary N) is 1. The lowest BCUT2D eigenvalue weighted by Gasteiger charge is -2.14. The highest BCUT2D eigenvalue weighted by molar-refractivity contribution is 5.70. The lowest BCUT2D eigenvalue weighted by atomic mass is 10.1. The van der Waals surface area contributed by atoms with Gasteiger partial charge in [-0.1, -0.05) is 18.2 Å². The van der Waals surface area contributed by atoms with E-state index in [1.165, 1.54) is 6.07 Å². The maximum atomic E-state index is 12.3. The van der Waals surface area contributed by atoms with Gasteiger partial charge < -0.3 is 15.8 Å². The molecule has 0 aromatic heterocycles. The molecule has 100 valence electrons. The van der Waals surface area contributed by atoms with Gasteiger partial charge >= 0.3 is 6.61 Å². The quantitative estimate of drug-likeness (QED) is 0.823. The number of halogens is 2. The van der Waals surface area contributed by atoms with Crippen molar-refractivity contribution in [2.45, 2.75) is 13.5 Å². The van der Waals surface area contributed by atoms with Crippen LogP contribution in [0.3, 0.4) is 0 Å². The van der Waals surface area contributed by atoms with E-state index < -0.39 is 6.61 Å². The maximum Gasteiger partial charge on any atom is 0.387 e. The van der Waals surface area contributed by atoms with Crippen molar-refractivity contribution < 1.29 is 13.5 Å². The standard InChI is InChI=1S/C14H14F2N2O/c1-9-6-7-10(17)8-12(9)18-11-4-2-3-5-13(11)19-14(15)16/h2-8,14,18H,17H2,1H3. The first-order chi connectivity index (χ1) is 9.06. The van der Waals surface area contributed by atoms with Crippen LogP contribution in [0.4, 0.5) is 25.8 Å². The number of alkyl halides is 2. The summed E-state index contributed by atoms with van der Waals surface area (Å²) in [4.78, 5) is 0. The molecule has 0 spiro atoms. The zero-order valence-electron chi connectivity index (χ0n) is 10.4. The van der Waals surface area contributed by atoms with E-state index in [9.17, 15) is 8.78 Å². The van der Waals surface area contributed by atoms with E-state index in [2.05, 4.69) is 10.1 Å². The van der Waals surface area contributed by atoms with E-state index in [4.69, 9.17) is 5.73 Å². The number of nitrogens with one attached hydrogen (secondary N) is 1. The molecule has 0 saturated heterocycles. The molecule has 0 amide bonds. The van der Waals surface area contributed by atoms with Crippen molar-refractivity contribution in [3.8, 4) is 5.75 Å². The number of nitrogen functional groups attached to an aromatic ring is 1. The molecule has 2 aromatic rings. The molecular weight excluding hydrogens is 250 g/mol. The van der Waals surface area contributed by atoms with Gasteiger partial charge in [-0.05, 0) is 36.8 Å². The van der Waals surface area contributed by atoms with Gasteiger partial charge in [-0.15, -0.1) is 0 Å². The molecular formula is C14H14F2N2O. The highest BCUT2D eigenvalue weighted by Gasteiger charge is 2.10. The van der Waals surface area contributed by atoms with Crippen LogP contribution in [-0.2, 0) is 0 Å². The predicted molar refractivity (Wildman–Crippen MR) is 71.9 cm³/mol. The normalized spacial score (nSPS) is 10.5. The highest BCUT2D eigenvalue weighted by atomic mass is 19.3. The Hall–Kier alpha value is -2.30. The first-order valence-corrected chi connectivity index (χ1v) is 5.73. The molecule has 0 heterocycles. The maximum absolute atomic E-state index is 12.3. The SMILES string of the molecule is Cc1ccc(N)cc1Nc1ccccc1OC(F)F. The smallest absolute Gasteiger partial charge is 0.387 e. The van der Waals surface area contributed by atoms with Gasteiger partial charge in [0.2, 0.25) is 0 Å². The van der Waals surface area contributed by atoms with Gasteiger partial charge in [-0.25, -0.2) is 0 Å². The summed E-state index contributed by atoms with van der Waals surface area (Å²) < 4.78 is 29.1. The number of benzene rings is 2. The number of rotatable bonds is 4. The second-order valence-electron chi connectivity index (χ2n) is 4.07. The molecule has 0 atom stereocenters. The van der Waals surface area contributed by atoms with E-state index in [1.54, 1.807) is 30.3 Å². The molecule has 0 saturated carbocycles. The number of para-hydroxylation sites is 2. The molecule has 0 radical (unpaired) electrons. The molecule has 3 N–H and O–H groups in total. The lowest BCUT2D eigenvalue weighted by Crippen LogP contribution is -2.04. The van der Waals surface area contributed by atoms with E-state index in [0.717, 1.165) is 11.3 Å². The van der Waals surface area contributed by atoms with Crippen LogP contribution < -0.4 is 15.8 Å². The topological polar surface area (TPSA) is 47.3 Å². The van der Waals surface area contributed by atoms with Gasteiger partial charge in [0.1, 0.15) is 5.75 Å². The van der Waals surface area contributed by atoms with Crippen molar-refractivity contribution in [2.75, 3.05) is 11.1 Å². The summed E-state index contributed by atoms with van der Waals surface area (Å²) in [6.45, 7) is -0.955. The van der Waals surface area contributed by atoms with Crippen LogP contribution in [0.15, 0.2) is 42.5 Å². The molecule has 0 unspecified atom stereocenters. The molecule has 3 nitrogen and oxygen atoms in total. The fourth-order valence-corrected chi connectivity index (χ4v) is 1.69. The van der Waals surface area contributed by atoms with Crippen LogP contribution >= 0.6 is 0 Å². The van der Waals surface area contributed by atoms with Gasteiger partial charge in [0.15, 0.2) is 0 Å².